The molecule has 34 heavy (non-hydrogen) atoms. The number of nitrogens with one attached hydrogen (secondary N) is 1. The first-order chi connectivity index (χ1) is 16.3. The van der Waals surface area contributed by atoms with Crippen LogP contribution in [0.5, 0.6) is 5.75 Å². The van der Waals surface area contributed by atoms with Crippen LogP contribution in [0, 0.1) is 12.8 Å². The van der Waals surface area contributed by atoms with Gasteiger partial charge in [0.1, 0.15) is 5.75 Å². The highest BCUT2D eigenvalue weighted by Gasteiger charge is 2.44. The summed E-state index contributed by atoms with van der Waals surface area (Å²) in [4.78, 5) is 24.5. The van der Waals surface area contributed by atoms with E-state index in [1.165, 1.54) is 5.56 Å². The largest absolute Gasteiger partial charge is 0.493 e. The van der Waals surface area contributed by atoms with Crippen LogP contribution in [0.2, 0.25) is 0 Å². The van der Waals surface area contributed by atoms with Gasteiger partial charge in [-0.05, 0) is 71.7 Å². The minimum absolute atomic E-state index is 0.0206. The molecule has 176 valence electrons. The average Bonchev–Trinajstić information content (AvgIpc) is 3.62. The minimum atomic E-state index is -0.760. The number of carboxylic acids is 1. The van der Waals surface area contributed by atoms with Crippen molar-refractivity contribution in [1.29, 1.82) is 0 Å². The Morgan fingerprint density at radius 1 is 1.06 bits per heavy atom. The zero-order chi connectivity index (χ0) is 24.2. The highest BCUT2D eigenvalue weighted by Crippen LogP contribution is 2.48. The molecule has 4 rings (SSSR count). The number of benzene rings is 3. The predicted molar refractivity (Wildman–Crippen MR) is 134 cm³/mol. The van der Waals surface area contributed by atoms with E-state index in [9.17, 15) is 14.7 Å². The van der Waals surface area contributed by atoms with Gasteiger partial charge in [-0.1, -0.05) is 56.3 Å². The number of carbonyl (C=O) groups is 2. The maximum absolute atomic E-state index is 13.2. The van der Waals surface area contributed by atoms with E-state index in [1.807, 2.05) is 61.5 Å². The first-order valence-electron chi connectivity index (χ1n) is 11.8. The molecule has 2 atom stereocenters. The summed E-state index contributed by atoms with van der Waals surface area (Å²) in [6.07, 6.45) is 1.47. The fraction of sp³-hybridized carbons (Fsp3) is 0.310. The number of carboxylic acid groups (broad SMARTS) is 1. The van der Waals surface area contributed by atoms with Crippen LogP contribution >= 0.6 is 0 Å². The number of ether oxygens (including phenoxy) is 1. The monoisotopic (exact) mass is 457 g/mol. The Hall–Kier alpha value is -3.60. The van der Waals surface area contributed by atoms with Crippen molar-refractivity contribution in [3.05, 3.63) is 94.5 Å². The Morgan fingerprint density at radius 3 is 2.50 bits per heavy atom. The van der Waals surface area contributed by atoms with Gasteiger partial charge in [-0.25, -0.2) is 0 Å². The smallest absolute Gasteiger partial charge is 0.307 e. The second-order valence-corrected chi connectivity index (χ2v) is 9.30. The summed E-state index contributed by atoms with van der Waals surface area (Å²) < 4.78 is 5.97. The van der Waals surface area contributed by atoms with E-state index in [-0.39, 0.29) is 23.7 Å². The third-order valence-corrected chi connectivity index (χ3v) is 6.44. The van der Waals surface area contributed by atoms with Crippen molar-refractivity contribution in [2.24, 2.45) is 5.92 Å². The highest BCUT2D eigenvalue weighted by atomic mass is 16.5. The number of hydrogen-bond donors (Lipinski definition) is 2. The van der Waals surface area contributed by atoms with E-state index < -0.39 is 5.97 Å². The second kappa shape index (κ2) is 10.1. The van der Waals surface area contributed by atoms with E-state index in [2.05, 4.69) is 31.3 Å². The number of anilines is 1. The SMILES string of the molecule is Cc1ccc([C@H]2C[C@H]2C(=O)O)cc1NC(=O)c1ccc(OCCc2ccccc2)cc1C(C)C. The zero-order valence-electron chi connectivity index (χ0n) is 19.9. The molecule has 0 heterocycles. The van der Waals surface area contributed by atoms with Crippen molar-refractivity contribution in [3.63, 3.8) is 0 Å². The molecule has 0 spiro atoms. The Labute approximate surface area is 200 Å². The summed E-state index contributed by atoms with van der Waals surface area (Å²) in [6, 6.07) is 21.6. The van der Waals surface area contributed by atoms with E-state index >= 15 is 0 Å². The predicted octanol–water partition coefficient (Wildman–Crippen LogP) is 6.18. The van der Waals surface area contributed by atoms with Crippen molar-refractivity contribution in [2.45, 2.75) is 45.4 Å². The molecule has 5 nitrogen and oxygen atoms in total. The fourth-order valence-electron chi connectivity index (χ4n) is 4.28. The molecule has 1 aliphatic carbocycles. The van der Waals surface area contributed by atoms with Gasteiger partial charge >= 0.3 is 5.97 Å². The van der Waals surface area contributed by atoms with Crippen molar-refractivity contribution in [3.8, 4) is 5.75 Å². The molecular weight excluding hydrogens is 426 g/mol. The number of amides is 1. The Bertz CT molecular complexity index is 1190. The van der Waals surface area contributed by atoms with Gasteiger partial charge in [-0.15, -0.1) is 0 Å². The van der Waals surface area contributed by atoms with Crippen molar-refractivity contribution in [1.82, 2.24) is 0 Å². The lowest BCUT2D eigenvalue weighted by Gasteiger charge is -2.16. The van der Waals surface area contributed by atoms with Gasteiger partial charge < -0.3 is 15.2 Å². The molecule has 0 saturated heterocycles. The van der Waals surface area contributed by atoms with E-state index in [0.29, 0.717) is 18.6 Å². The van der Waals surface area contributed by atoms with Gasteiger partial charge in [0.25, 0.3) is 5.91 Å². The molecule has 1 amide bonds. The molecule has 0 aliphatic heterocycles. The highest BCUT2D eigenvalue weighted by molar-refractivity contribution is 6.06. The van der Waals surface area contributed by atoms with Crippen molar-refractivity contribution in [2.75, 3.05) is 11.9 Å². The van der Waals surface area contributed by atoms with Crippen LogP contribution in [-0.4, -0.2) is 23.6 Å². The fourth-order valence-corrected chi connectivity index (χ4v) is 4.28. The summed E-state index contributed by atoms with van der Waals surface area (Å²) >= 11 is 0. The van der Waals surface area contributed by atoms with Gasteiger partial charge in [0.2, 0.25) is 0 Å². The second-order valence-electron chi connectivity index (χ2n) is 9.30. The minimum Gasteiger partial charge on any atom is -0.493 e. The van der Waals surface area contributed by atoms with Gasteiger partial charge in [-0.2, -0.15) is 0 Å². The van der Waals surface area contributed by atoms with Crippen molar-refractivity contribution >= 4 is 17.6 Å². The number of carbonyl (C=O) groups excluding carboxylic acids is 1. The van der Waals surface area contributed by atoms with Crippen LogP contribution in [0.15, 0.2) is 66.7 Å². The summed E-state index contributed by atoms with van der Waals surface area (Å²) in [5.74, 6) is -0.342. The van der Waals surface area contributed by atoms with Crippen LogP contribution in [0.4, 0.5) is 5.69 Å². The summed E-state index contributed by atoms with van der Waals surface area (Å²) in [5, 5.41) is 12.3. The van der Waals surface area contributed by atoms with Crippen LogP contribution in [0.3, 0.4) is 0 Å². The molecule has 1 aliphatic rings. The number of hydrogen-bond acceptors (Lipinski definition) is 3. The Kier molecular flexibility index (Phi) is 7.01. The number of rotatable bonds is 9. The van der Waals surface area contributed by atoms with Crippen LogP contribution in [0.25, 0.3) is 0 Å². The maximum atomic E-state index is 13.2. The van der Waals surface area contributed by atoms with Gasteiger partial charge in [0, 0.05) is 17.7 Å². The molecule has 1 saturated carbocycles. The van der Waals surface area contributed by atoms with Crippen LogP contribution in [0.1, 0.15) is 64.7 Å². The zero-order valence-corrected chi connectivity index (χ0v) is 19.9. The summed E-state index contributed by atoms with van der Waals surface area (Å²) in [5.41, 5.74) is 5.38. The van der Waals surface area contributed by atoms with Crippen molar-refractivity contribution < 1.29 is 19.4 Å². The quantitative estimate of drug-likeness (QED) is 0.402. The molecule has 5 heteroatoms. The molecular formula is C29H31NO4. The lowest BCUT2D eigenvalue weighted by molar-refractivity contribution is -0.138. The summed E-state index contributed by atoms with van der Waals surface area (Å²) in [7, 11) is 0. The first kappa shape index (κ1) is 23.6. The third-order valence-electron chi connectivity index (χ3n) is 6.44. The molecule has 0 bridgehead atoms. The number of aliphatic carboxylic acids is 1. The maximum Gasteiger partial charge on any atom is 0.307 e. The first-order valence-corrected chi connectivity index (χ1v) is 11.8. The van der Waals surface area contributed by atoms with Gasteiger partial charge in [-0.3, -0.25) is 9.59 Å². The normalized spacial score (nSPS) is 16.8. The lowest BCUT2D eigenvalue weighted by atomic mass is 9.96. The molecule has 0 radical (unpaired) electrons. The molecule has 3 aromatic carbocycles. The Balaban J connectivity index is 1.47. The number of aryl methyl sites for hydroxylation is 1. The van der Waals surface area contributed by atoms with E-state index in [4.69, 9.17) is 4.74 Å². The van der Waals surface area contributed by atoms with E-state index in [0.717, 1.165) is 34.5 Å². The summed E-state index contributed by atoms with van der Waals surface area (Å²) in [6.45, 7) is 6.63. The lowest BCUT2D eigenvalue weighted by Crippen LogP contribution is -2.16. The van der Waals surface area contributed by atoms with E-state index in [1.54, 1.807) is 0 Å². The van der Waals surface area contributed by atoms with Crippen LogP contribution < -0.4 is 10.1 Å². The van der Waals surface area contributed by atoms with Gasteiger partial charge in [0.05, 0.1) is 12.5 Å². The molecule has 0 aromatic heterocycles. The average molecular weight is 458 g/mol. The van der Waals surface area contributed by atoms with Crippen LogP contribution in [-0.2, 0) is 11.2 Å². The standard InChI is InChI=1S/C29H31NO4/c1-18(2)24-16-22(34-14-13-20-7-5-4-6-8-20)11-12-23(24)28(31)30-27-15-21(10-9-19(27)3)25-17-26(25)29(32)33/h4-12,15-16,18,25-26H,13-14,17H2,1-3H3,(H,30,31)(H,32,33)/t25-,26-/m1/s1. The molecule has 2 N–H and O–H groups in total. The molecule has 0 unspecified atom stereocenters. The third kappa shape index (κ3) is 5.48. The Morgan fingerprint density at radius 2 is 1.82 bits per heavy atom. The molecule has 1 fully saturated rings. The topological polar surface area (TPSA) is 75.6 Å². The molecule has 3 aromatic rings. The van der Waals surface area contributed by atoms with Gasteiger partial charge in [0.15, 0.2) is 0 Å².